The highest BCUT2D eigenvalue weighted by Crippen LogP contribution is 2.53. The van der Waals surface area contributed by atoms with E-state index >= 15 is 0 Å². The first-order valence-corrected chi connectivity index (χ1v) is 8.32. The van der Waals surface area contributed by atoms with Crippen LogP contribution >= 0.6 is 0 Å². The van der Waals surface area contributed by atoms with Gasteiger partial charge in [-0.2, -0.15) is 0 Å². The summed E-state index contributed by atoms with van der Waals surface area (Å²) < 4.78 is 17.2. The van der Waals surface area contributed by atoms with Crippen molar-refractivity contribution in [1.82, 2.24) is 9.80 Å². The smallest absolute Gasteiger partial charge is 0.167 e. The minimum absolute atomic E-state index is 0.0232. The van der Waals surface area contributed by atoms with Crippen LogP contribution in [-0.4, -0.2) is 68.6 Å². The molecular weight excluding hydrogens is 308 g/mol. The van der Waals surface area contributed by atoms with Crippen molar-refractivity contribution in [3.05, 3.63) is 16.7 Å². The second-order valence-electron chi connectivity index (χ2n) is 6.82. The number of likely N-dealkylation sites (N-methyl/N-ethyl adjacent to an activating group) is 2. The largest absolute Gasteiger partial charge is 0.496 e. The molecule has 0 saturated carbocycles. The molecular formula is C18H28N2O4. The van der Waals surface area contributed by atoms with Gasteiger partial charge in [-0.15, -0.1) is 0 Å². The fourth-order valence-corrected chi connectivity index (χ4v) is 4.52. The Hall–Kier alpha value is -1.50. The van der Waals surface area contributed by atoms with Crippen molar-refractivity contribution in [2.75, 3.05) is 35.4 Å². The van der Waals surface area contributed by atoms with Crippen LogP contribution in [0.3, 0.4) is 0 Å². The third-order valence-electron chi connectivity index (χ3n) is 5.88. The van der Waals surface area contributed by atoms with Crippen molar-refractivity contribution in [1.29, 1.82) is 0 Å². The number of hydrogen-bond donors (Lipinski definition) is 1. The van der Waals surface area contributed by atoms with Crippen LogP contribution in [0, 0.1) is 6.92 Å². The van der Waals surface area contributed by atoms with Crippen LogP contribution in [0.25, 0.3) is 0 Å². The average molecular weight is 336 g/mol. The van der Waals surface area contributed by atoms with Gasteiger partial charge < -0.3 is 19.3 Å². The molecule has 1 fully saturated rings. The summed E-state index contributed by atoms with van der Waals surface area (Å²) in [5, 5.41) is 10.7. The lowest BCUT2D eigenvalue weighted by atomic mass is 9.79. The summed E-state index contributed by atoms with van der Waals surface area (Å²) in [7, 11) is 9.08. The zero-order valence-corrected chi connectivity index (χ0v) is 15.6. The molecule has 0 amide bonds. The molecule has 2 aliphatic heterocycles. The highest BCUT2D eigenvalue weighted by Gasteiger charge is 2.49. The van der Waals surface area contributed by atoms with E-state index in [4.69, 9.17) is 14.2 Å². The number of nitrogens with zero attached hydrogens (tertiary/aromatic N) is 2. The molecule has 6 heteroatoms. The van der Waals surface area contributed by atoms with Crippen LogP contribution in [0.5, 0.6) is 17.2 Å². The predicted octanol–water partition coefficient (Wildman–Crippen LogP) is 1.57. The Morgan fingerprint density at radius 3 is 2.08 bits per heavy atom. The van der Waals surface area contributed by atoms with Gasteiger partial charge in [-0.3, -0.25) is 9.80 Å². The summed E-state index contributed by atoms with van der Waals surface area (Å²) in [4.78, 5) is 4.30. The maximum absolute atomic E-state index is 10.7. The summed E-state index contributed by atoms with van der Waals surface area (Å²) in [5.41, 5.74) is 3.18. The fraction of sp³-hybridized carbons (Fsp3) is 0.667. The number of rotatable bonds is 3. The molecule has 1 N–H and O–H groups in total. The number of hydrogen-bond acceptors (Lipinski definition) is 6. The molecule has 0 aromatic heterocycles. The molecule has 1 saturated heterocycles. The van der Waals surface area contributed by atoms with E-state index in [9.17, 15) is 5.11 Å². The molecule has 24 heavy (non-hydrogen) atoms. The van der Waals surface area contributed by atoms with Crippen LogP contribution in [-0.2, 0) is 6.42 Å². The molecule has 2 unspecified atom stereocenters. The SMILES string of the molecule is COc1c(C)c(OC)c(OC)c2c1CC1[C@H](O)N(C)[C@@H](C)C2N1C. The van der Waals surface area contributed by atoms with Crippen LogP contribution < -0.4 is 14.2 Å². The Morgan fingerprint density at radius 1 is 0.958 bits per heavy atom. The molecule has 0 aliphatic carbocycles. The van der Waals surface area contributed by atoms with E-state index in [1.807, 2.05) is 18.9 Å². The molecule has 3 rings (SSSR count). The van der Waals surface area contributed by atoms with Gasteiger partial charge in [0.25, 0.3) is 0 Å². The van der Waals surface area contributed by atoms with E-state index in [0.29, 0.717) is 6.42 Å². The topological polar surface area (TPSA) is 54.4 Å². The maximum Gasteiger partial charge on any atom is 0.167 e. The molecule has 1 aromatic carbocycles. The fourth-order valence-electron chi connectivity index (χ4n) is 4.52. The molecule has 2 heterocycles. The Labute approximate surface area is 143 Å². The summed E-state index contributed by atoms with van der Waals surface area (Å²) in [6.45, 7) is 4.12. The first-order chi connectivity index (χ1) is 11.4. The van der Waals surface area contributed by atoms with Gasteiger partial charge in [0.15, 0.2) is 11.5 Å². The number of aliphatic hydroxyl groups is 1. The van der Waals surface area contributed by atoms with Gasteiger partial charge in [0.2, 0.25) is 0 Å². The van der Waals surface area contributed by atoms with E-state index in [1.165, 1.54) is 0 Å². The van der Waals surface area contributed by atoms with Gasteiger partial charge in [0.05, 0.1) is 33.4 Å². The Kier molecular flexibility index (Phi) is 4.40. The Morgan fingerprint density at radius 2 is 1.54 bits per heavy atom. The van der Waals surface area contributed by atoms with E-state index in [1.54, 1.807) is 21.3 Å². The molecule has 0 radical (unpaired) electrons. The molecule has 6 nitrogen and oxygen atoms in total. The highest BCUT2D eigenvalue weighted by molar-refractivity contribution is 5.65. The summed E-state index contributed by atoms with van der Waals surface area (Å²) in [5.74, 6) is 2.34. The summed E-state index contributed by atoms with van der Waals surface area (Å²) >= 11 is 0. The van der Waals surface area contributed by atoms with Crippen LogP contribution in [0.4, 0.5) is 0 Å². The number of aliphatic hydroxyl groups excluding tert-OH is 1. The van der Waals surface area contributed by atoms with Crippen molar-refractivity contribution in [2.24, 2.45) is 0 Å². The van der Waals surface area contributed by atoms with Gasteiger partial charge in [-0.1, -0.05) is 0 Å². The molecule has 0 spiro atoms. The van der Waals surface area contributed by atoms with E-state index < -0.39 is 6.23 Å². The molecule has 2 aliphatic rings. The zero-order valence-electron chi connectivity index (χ0n) is 15.6. The third kappa shape index (κ3) is 2.13. The van der Waals surface area contributed by atoms with Crippen LogP contribution in [0.15, 0.2) is 0 Å². The Balaban J connectivity index is 2.32. The summed E-state index contributed by atoms with van der Waals surface area (Å²) in [6, 6.07) is 0.256. The van der Waals surface area contributed by atoms with E-state index in [-0.39, 0.29) is 18.1 Å². The zero-order chi connectivity index (χ0) is 17.8. The van der Waals surface area contributed by atoms with E-state index in [0.717, 1.165) is 33.9 Å². The summed E-state index contributed by atoms with van der Waals surface area (Å²) in [6.07, 6.45) is 0.206. The van der Waals surface area contributed by atoms with Crippen molar-refractivity contribution < 1.29 is 19.3 Å². The number of benzene rings is 1. The van der Waals surface area contributed by atoms with Crippen molar-refractivity contribution in [3.63, 3.8) is 0 Å². The van der Waals surface area contributed by atoms with E-state index in [2.05, 4.69) is 18.9 Å². The number of fused-ring (bicyclic) bond motifs is 4. The monoisotopic (exact) mass is 336 g/mol. The standard InChI is InChI=1S/C18H28N2O4/c1-9-15(22-5)11-8-12-18(21)19(3)10(2)14(20(12)4)13(11)17(24-7)16(9)23-6/h10,12,14,18,21H,8H2,1-7H3/t10-,12?,14?,18-/m0/s1. The van der Waals surface area contributed by atoms with Crippen molar-refractivity contribution in [3.8, 4) is 17.2 Å². The van der Waals surface area contributed by atoms with Gasteiger partial charge >= 0.3 is 0 Å². The van der Waals surface area contributed by atoms with Gasteiger partial charge in [0, 0.05) is 22.7 Å². The predicted molar refractivity (Wildman–Crippen MR) is 92.1 cm³/mol. The highest BCUT2D eigenvalue weighted by atomic mass is 16.5. The van der Waals surface area contributed by atoms with Crippen molar-refractivity contribution >= 4 is 0 Å². The third-order valence-corrected chi connectivity index (χ3v) is 5.88. The minimum atomic E-state index is -0.507. The molecule has 2 bridgehead atoms. The Bertz CT molecular complexity index is 649. The first-order valence-electron chi connectivity index (χ1n) is 8.32. The normalized spacial score (nSPS) is 30.0. The van der Waals surface area contributed by atoms with Gasteiger partial charge in [-0.05, 0) is 34.4 Å². The average Bonchev–Trinajstić information content (AvgIpc) is 2.57. The molecule has 1 aromatic rings. The lowest BCUT2D eigenvalue weighted by Gasteiger charge is -2.54. The molecule has 134 valence electrons. The minimum Gasteiger partial charge on any atom is -0.496 e. The second kappa shape index (κ2) is 6.10. The molecule has 4 atom stereocenters. The van der Waals surface area contributed by atoms with Crippen molar-refractivity contribution in [2.45, 2.75) is 44.6 Å². The number of piperazine rings is 1. The first kappa shape index (κ1) is 17.3. The lowest BCUT2D eigenvalue weighted by Crippen LogP contribution is -2.64. The van der Waals surface area contributed by atoms with Gasteiger partial charge in [0.1, 0.15) is 12.0 Å². The second-order valence-corrected chi connectivity index (χ2v) is 6.82. The number of ether oxygens (including phenoxy) is 3. The lowest BCUT2D eigenvalue weighted by molar-refractivity contribution is -0.134. The van der Waals surface area contributed by atoms with Crippen LogP contribution in [0.1, 0.15) is 29.7 Å². The quantitative estimate of drug-likeness (QED) is 0.904. The van der Waals surface area contributed by atoms with Crippen LogP contribution in [0.2, 0.25) is 0 Å². The number of methoxy groups -OCH3 is 3. The van der Waals surface area contributed by atoms with Gasteiger partial charge in [-0.25, -0.2) is 0 Å². The maximum atomic E-state index is 10.7.